The van der Waals surface area contributed by atoms with E-state index in [9.17, 15) is 0 Å². The molecule has 0 amide bonds. The van der Waals surface area contributed by atoms with E-state index in [1.807, 2.05) is 0 Å². The highest BCUT2D eigenvalue weighted by Crippen LogP contribution is 2.14. The van der Waals surface area contributed by atoms with Gasteiger partial charge in [-0.1, -0.05) is 0 Å². The van der Waals surface area contributed by atoms with Gasteiger partial charge in [0.15, 0.2) is 0 Å². The van der Waals surface area contributed by atoms with Crippen LogP contribution in [0.15, 0.2) is 29.4 Å². The lowest BCUT2D eigenvalue weighted by atomic mass is 10.3. The van der Waals surface area contributed by atoms with Crippen molar-refractivity contribution in [3.63, 3.8) is 0 Å². The molecule has 0 heterocycles. The Morgan fingerprint density at radius 2 is 1.92 bits per heavy atom. The summed E-state index contributed by atoms with van der Waals surface area (Å²) in [5.41, 5.74) is 0.696. The minimum atomic E-state index is 0.192. The maximum Gasteiger partial charge on any atom is 0.129 e. The van der Waals surface area contributed by atoms with Gasteiger partial charge in [0.1, 0.15) is 12.1 Å². The maximum absolute atomic E-state index is 8.95. The van der Waals surface area contributed by atoms with Gasteiger partial charge >= 0.3 is 0 Å². The van der Waals surface area contributed by atoms with Crippen LogP contribution in [0, 0.1) is 0 Å². The van der Waals surface area contributed by atoms with Gasteiger partial charge in [-0.15, -0.1) is 0 Å². The summed E-state index contributed by atoms with van der Waals surface area (Å²) in [6, 6.07) is 6.35. The van der Waals surface area contributed by atoms with Gasteiger partial charge in [0.05, 0.1) is 5.69 Å². The summed E-state index contributed by atoms with van der Waals surface area (Å²) in [5, 5.41) is 13.4. The average molecular weight is 166 g/mol. The normalized spacial score (nSPS) is 10.4. The number of phenols is 1. The third-order valence-electron chi connectivity index (χ3n) is 1.34. The monoisotopic (exact) mass is 166 g/mol. The molecule has 5 N–H and O–H groups in total. The van der Waals surface area contributed by atoms with E-state index in [-0.39, 0.29) is 5.75 Å². The van der Waals surface area contributed by atoms with Crippen LogP contribution < -0.4 is 16.7 Å². The molecule has 0 saturated heterocycles. The van der Waals surface area contributed by atoms with Crippen LogP contribution in [-0.2, 0) is 0 Å². The molecule has 0 spiro atoms. The number of rotatable bonds is 2. The van der Waals surface area contributed by atoms with Gasteiger partial charge in [-0.05, 0) is 24.3 Å². The largest absolute Gasteiger partial charge is 0.508 e. The average Bonchev–Trinajstić information content (AvgIpc) is 2.06. The van der Waals surface area contributed by atoms with Gasteiger partial charge in [-0.3, -0.25) is 5.01 Å². The second kappa shape index (κ2) is 3.59. The number of phenolic OH excluding ortho intramolecular Hbond substituents is 1. The van der Waals surface area contributed by atoms with Gasteiger partial charge in [0, 0.05) is 0 Å². The number of aromatic hydroxyl groups is 1. The standard InChI is InChI=1S/C7H10N4O/c8-10-5-11(9)6-1-3-7(12)4-2-6/h1-5,12H,8-9H2/b10-5-. The van der Waals surface area contributed by atoms with Gasteiger partial charge in [-0.25, -0.2) is 5.84 Å². The molecule has 0 aromatic heterocycles. The van der Waals surface area contributed by atoms with Crippen molar-refractivity contribution in [1.82, 2.24) is 0 Å². The van der Waals surface area contributed by atoms with Crippen molar-refractivity contribution in [3.8, 4) is 5.75 Å². The fraction of sp³-hybridized carbons (Fsp3) is 0. The van der Waals surface area contributed by atoms with Crippen molar-refractivity contribution in [2.75, 3.05) is 5.01 Å². The van der Waals surface area contributed by atoms with Crippen molar-refractivity contribution in [1.29, 1.82) is 0 Å². The van der Waals surface area contributed by atoms with Gasteiger partial charge in [0.2, 0.25) is 0 Å². The molecule has 0 aliphatic carbocycles. The van der Waals surface area contributed by atoms with Crippen LogP contribution in [0.4, 0.5) is 5.69 Å². The van der Waals surface area contributed by atoms with Crippen molar-refractivity contribution in [3.05, 3.63) is 24.3 Å². The molecule has 5 heteroatoms. The van der Waals surface area contributed by atoms with Gasteiger partial charge < -0.3 is 10.9 Å². The van der Waals surface area contributed by atoms with Gasteiger partial charge in [-0.2, -0.15) is 5.10 Å². The molecule has 1 aromatic rings. The predicted molar refractivity (Wildman–Crippen MR) is 47.5 cm³/mol. The summed E-state index contributed by atoms with van der Waals surface area (Å²) in [7, 11) is 0. The Kier molecular flexibility index (Phi) is 2.49. The molecule has 0 aliphatic rings. The summed E-state index contributed by atoms with van der Waals surface area (Å²) in [6.45, 7) is 0. The summed E-state index contributed by atoms with van der Waals surface area (Å²) in [4.78, 5) is 0. The molecule has 0 fully saturated rings. The molecule has 12 heavy (non-hydrogen) atoms. The zero-order valence-corrected chi connectivity index (χ0v) is 6.38. The van der Waals surface area contributed by atoms with Crippen molar-refractivity contribution >= 4 is 12.0 Å². The van der Waals surface area contributed by atoms with E-state index in [0.717, 1.165) is 0 Å². The molecule has 1 rings (SSSR count). The lowest BCUT2D eigenvalue weighted by Gasteiger charge is -2.11. The lowest BCUT2D eigenvalue weighted by molar-refractivity contribution is 0.475. The molecule has 0 atom stereocenters. The summed E-state index contributed by atoms with van der Waals surface area (Å²) in [6.07, 6.45) is 1.27. The molecule has 0 bridgehead atoms. The minimum absolute atomic E-state index is 0.192. The number of benzene rings is 1. The third kappa shape index (κ3) is 1.86. The number of anilines is 1. The molecular formula is C7H10N4O. The Morgan fingerprint density at radius 1 is 1.33 bits per heavy atom. The topological polar surface area (TPSA) is 87.9 Å². The van der Waals surface area contributed by atoms with E-state index >= 15 is 0 Å². The smallest absolute Gasteiger partial charge is 0.129 e. The number of hydrazine groups is 1. The van der Waals surface area contributed by atoms with E-state index in [1.54, 1.807) is 12.1 Å². The summed E-state index contributed by atoms with van der Waals surface area (Å²) in [5.74, 6) is 10.6. The lowest BCUT2D eigenvalue weighted by Crippen LogP contribution is -2.29. The number of nitrogens with two attached hydrogens (primary N) is 2. The summed E-state index contributed by atoms with van der Waals surface area (Å²) >= 11 is 0. The van der Waals surface area contributed by atoms with Crippen LogP contribution in [0.2, 0.25) is 0 Å². The van der Waals surface area contributed by atoms with Crippen molar-refractivity contribution in [2.45, 2.75) is 0 Å². The van der Waals surface area contributed by atoms with Crippen LogP contribution in [-0.4, -0.2) is 11.4 Å². The fourth-order valence-electron chi connectivity index (χ4n) is 0.763. The zero-order valence-electron chi connectivity index (χ0n) is 6.38. The first-order valence-corrected chi connectivity index (χ1v) is 3.30. The van der Waals surface area contributed by atoms with Gasteiger partial charge in [0.25, 0.3) is 0 Å². The van der Waals surface area contributed by atoms with Crippen LogP contribution in [0.3, 0.4) is 0 Å². The molecule has 64 valence electrons. The molecular weight excluding hydrogens is 156 g/mol. The summed E-state index contributed by atoms with van der Waals surface area (Å²) < 4.78 is 0. The SMILES string of the molecule is N/N=C\N(N)c1ccc(O)cc1. The van der Waals surface area contributed by atoms with Crippen molar-refractivity contribution in [2.24, 2.45) is 16.8 Å². The molecule has 0 unspecified atom stereocenters. The highest BCUT2D eigenvalue weighted by molar-refractivity contribution is 5.77. The quantitative estimate of drug-likeness (QED) is 0.249. The second-order valence-electron chi connectivity index (χ2n) is 2.19. The van der Waals surface area contributed by atoms with Crippen LogP contribution >= 0.6 is 0 Å². The molecule has 0 aliphatic heterocycles. The minimum Gasteiger partial charge on any atom is -0.508 e. The van der Waals surface area contributed by atoms with Crippen LogP contribution in [0.1, 0.15) is 0 Å². The van der Waals surface area contributed by atoms with E-state index in [2.05, 4.69) is 5.10 Å². The van der Waals surface area contributed by atoms with E-state index in [1.165, 1.54) is 23.5 Å². The van der Waals surface area contributed by atoms with E-state index in [4.69, 9.17) is 16.8 Å². The highest BCUT2D eigenvalue weighted by atomic mass is 16.3. The van der Waals surface area contributed by atoms with Crippen LogP contribution in [0.5, 0.6) is 5.75 Å². The Bertz CT molecular complexity index is 269. The van der Waals surface area contributed by atoms with E-state index in [0.29, 0.717) is 5.69 Å². The maximum atomic E-state index is 8.95. The van der Waals surface area contributed by atoms with Crippen molar-refractivity contribution < 1.29 is 5.11 Å². The fourth-order valence-corrected chi connectivity index (χ4v) is 0.763. The second-order valence-corrected chi connectivity index (χ2v) is 2.19. The Labute approximate surface area is 69.9 Å². The first-order chi connectivity index (χ1) is 5.74. The Hall–Kier alpha value is -1.75. The molecule has 5 nitrogen and oxygen atoms in total. The number of hydrogen-bond donors (Lipinski definition) is 3. The Morgan fingerprint density at radius 3 is 2.42 bits per heavy atom. The highest BCUT2D eigenvalue weighted by Gasteiger charge is 1.96. The zero-order chi connectivity index (χ0) is 8.97. The molecule has 1 aromatic carbocycles. The first kappa shape index (κ1) is 8.35. The number of hydrazone groups is 1. The van der Waals surface area contributed by atoms with Crippen LogP contribution in [0.25, 0.3) is 0 Å². The molecule has 0 radical (unpaired) electrons. The third-order valence-corrected chi connectivity index (χ3v) is 1.34. The Balaban J connectivity index is 2.82. The predicted octanol–water partition coefficient (Wildman–Crippen LogP) is -0.0257. The number of nitrogens with zero attached hydrogens (tertiary/aromatic N) is 2. The van der Waals surface area contributed by atoms with E-state index < -0.39 is 0 Å². The number of hydrogen-bond acceptors (Lipinski definition) is 4. The first-order valence-electron chi connectivity index (χ1n) is 3.30. The molecule has 0 saturated carbocycles.